The topological polar surface area (TPSA) is 130 Å². The number of aliphatic hydroxyl groups excluding tert-OH is 1. The van der Waals surface area contributed by atoms with Crippen molar-refractivity contribution in [1.29, 1.82) is 0 Å². The van der Waals surface area contributed by atoms with E-state index in [-0.39, 0.29) is 31.0 Å². The average molecular weight is 709 g/mol. The molecule has 3 aromatic rings. The third-order valence-electron chi connectivity index (χ3n) is 8.94. The van der Waals surface area contributed by atoms with Gasteiger partial charge in [0.05, 0.1) is 12.1 Å². The highest BCUT2D eigenvalue weighted by Gasteiger charge is 2.44. The fourth-order valence-corrected chi connectivity index (χ4v) is 5.73. The minimum absolute atomic E-state index is 0.101. The molecule has 0 saturated heterocycles. The Balaban J connectivity index is 1.74. The monoisotopic (exact) mass is 708 g/mol. The van der Waals surface area contributed by atoms with Crippen LogP contribution in [-0.4, -0.2) is 58.6 Å². The van der Waals surface area contributed by atoms with Gasteiger partial charge in [0.2, 0.25) is 11.8 Å². The first-order valence-electron chi connectivity index (χ1n) is 17.2. The highest BCUT2D eigenvalue weighted by atomic mass is 19.4. The zero-order valence-electron chi connectivity index (χ0n) is 29.4. The van der Waals surface area contributed by atoms with Gasteiger partial charge in [0.1, 0.15) is 5.78 Å². The summed E-state index contributed by atoms with van der Waals surface area (Å²) >= 11 is 0. The van der Waals surface area contributed by atoms with Gasteiger partial charge in [-0.05, 0) is 48.8 Å². The summed E-state index contributed by atoms with van der Waals surface area (Å²) in [4.78, 5) is 65.1. The Morgan fingerprint density at radius 1 is 0.725 bits per heavy atom. The lowest BCUT2D eigenvalue weighted by Crippen LogP contribution is -2.52. The standard InChI is InChI=1S/C40H47F3N2O6/c1-25(2)32(24-35(47)31-19-17-30(18-20-31)29-13-9-6-10-14-29)39(51)44-33(22-16-28-11-7-5-8-12-28)36(48)23-26(3)38(50)45-34(21-15-27(4)46)37(49)40(41,42)43/h5-14,17-20,25-26,32-34,37,49H,15-16,21-24H2,1-4H3,(H,44,51)(H,45,50)/t26-,32+,33+,34?,37?/m1/s1. The van der Waals surface area contributed by atoms with Gasteiger partial charge in [0.25, 0.3) is 0 Å². The van der Waals surface area contributed by atoms with Gasteiger partial charge in [-0.3, -0.25) is 19.2 Å². The van der Waals surface area contributed by atoms with E-state index in [1.54, 1.807) is 26.0 Å². The van der Waals surface area contributed by atoms with Crippen molar-refractivity contribution in [2.45, 2.75) is 90.6 Å². The molecule has 0 saturated carbocycles. The number of carbonyl (C=O) groups is 5. The molecule has 0 radical (unpaired) electrons. The van der Waals surface area contributed by atoms with Crippen molar-refractivity contribution in [3.05, 3.63) is 96.1 Å². The maximum atomic E-state index is 13.7. The van der Waals surface area contributed by atoms with Gasteiger partial charge < -0.3 is 20.5 Å². The molecular weight excluding hydrogens is 661 g/mol. The number of benzene rings is 3. The lowest BCUT2D eigenvalue weighted by molar-refractivity contribution is -0.213. The number of hydrogen-bond acceptors (Lipinski definition) is 6. The van der Waals surface area contributed by atoms with Crippen LogP contribution in [0.15, 0.2) is 84.9 Å². The molecule has 2 unspecified atom stereocenters. The molecular formula is C40H47F3N2O6. The van der Waals surface area contributed by atoms with Gasteiger partial charge in [-0.1, -0.05) is 106 Å². The van der Waals surface area contributed by atoms with Crippen LogP contribution in [0, 0.1) is 17.8 Å². The Hall–Kier alpha value is -4.64. The number of carbonyl (C=O) groups excluding carboxylic acids is 5. The van der Waals surface area contributed by atoms with Crippen molar-refractivity contribution in [2.75, 3.05) is 0 Å². The van der Waals surface area contributed by atoms with Gasteiger partial charge >= 0.3 is 6.18 Å². The predicted molar refractivity (Wildman–Crippen MR) is 189 cm³/mol. The van der Waals surface area contributed by atoms with E-state index in [0.29, 0.717) is 12.0 Å². The lowest BCUT2D eigenvalue weighted by Gasteiger charge is -2.27. The average Bonchev–Trinajstić information content (AvgIpc) is 3.10. The van der Waals surface area contributed by atoms with Crippen molar-refractivity contribution >= 4 is 29.2 Å². The molecule has 0 aliphatic rings. The molecule has 0 spiro atoms. The Morgan fingerprint density at radius 3 is 1.84 bits per heavy atom. The first-order chi connectivity index (χ1) is 24.1. The summed E-state index contributed by atoms with van der Waals surface area (Å²) < 4.78 is 39.9. The van der Waals surface area contributed by atoms with Crippen molar-refractivity contribution in [2.24, 2.45) is 17.8 Å². The van der Waals surface area contributed by atoms with E-state index >= 15 is 0 Å². The molecule has 0 bridgehead atoms. The van der Waals surface area contributed by atoms with Crippen molar-refractivity contribution in [3.8, 4) is 11.1 Å². The van der Waals surface area contributed by atoms with E-state index in [9.17, 15) is 42.3 Å². The van der Waals surface area contributed by atoms with Crippen LogP contribution in [0.1, 0.15) is 75.7 Å². The minimum Gasteiger partial charge on any atom is -0.382 e. The minimum atomic E-state index is -5.04. The zero-order chi connectivity index (χ0) is 37.7. The zero-order valence-corrected chi connectivity index (χ0v) is 29.4. The van der Waals surface area contributed by atoms with Gasteiger partial charge in [-0.15, -0.1) is 0 Å². The Bertz CT molecular complexity index is 1610. The number of hydrogen-bond donors (Lipinski definition) is 3. The largest absolute Gasteiger partial charge is 0.416 e. The van der Waals surface area contributed by atoms with Gasteiger partial charge in [-0.25, -0.2) is 0 Å². The van der Waals surface area contributed by atoms with Crippen molar-refractivity contribution in [3.63, 3.8) is 0 Å². The molecule has 51 heavy (non-hydrogen) atoms. The number of Topliss-reactive ketones (excluding diaryl/α,β-unsaturated/α-hetero) is 3. The van der Waals surface area contributed by atoms with Crippen molar-refractivity contribution < 1.29 is 42.3 Å². The normalized spacial score (nSPS) is 14.5. The predicted octanol–water partition coefficient (Wildman–Crippen LogP) is 6.69. The van der Waals surface area contributed by atoms with Crippen LogP contribution in [0.25, 0.3) is 11.1 Å². The fourth-order valence-electron chi connectivity index (χ4n) is 5.73. The fraction of sp³-hybridized carbons (Fsp3) is 0.425. The second-order valence-electron chi connectivity index (χ2n) is 13.4. The van der Waals surface area contributed by atoms with E-state index < -0.39 is 72.4 Å². The summed E-state index contributed by atoms with van der Waals surface area (Å²) in [6, 6.07) is 23.2. The third kappa shape index (κ3) is 12.9. The van der Waals surface area contributed by atoms with E-state index in [2.05, 4.69) is 10.6 Å². The van der Waals surface area contributed by atoms with Crippen LogP contribution < -0.4 is 10.6 Å². The number of amides is 2. The molecule has 0 aliphatic heterocycles. The Kier molecular flexibility index (Phi) is 15.3. The van der Waals surface area contributed by atoms with Crippen LogP contribution in [0.4, 0.5) is 13.2 Å². The number of halogens is 3. The van der Waals surface area contributed by atoms with Gasteiger partial charge in [0.15, 0.2) is 17.7 Å². The van der Waals surface area contributed by atoms with Crippen LogP contribution in [0.5, 0.6) is 0 Å². The van der Waals surface area contributed by atoms with E-state index in [1.165, 1.54) is 13.8 Å². The smallest absolute Gasteiger partial charge is 0.382 e. The lowest BCUT2D eigenvalue weighted by atomic mass is 9.87. The summed E-state index contributed by atoms with van der Waals surface area (Å²) in [6.07, 6.45) is -8.61. The number of aryl methyl sites for hydroxylation is 1. The quantitative estimate of drug-likeness (QED) is 0.119. The van der Waals surface area contributed by atoms with Crippen LogP contribution in [0.3, 0.4) is 0 Å². The second-order valence-corrected chi connectivity index (χ2v) is 13.4. The highest BCUT2D eigenvalue weighted by Crippen LogP contribution is 2.26. The van der Waals surface area contributed by atoms with Crippen molar-refractivity contribution in [1.82, 2.24) is 10.6 Å². The second kappa shape index (κ2) is 19.1. The van der Waals surface area contributed by atoms with E-state index in [1.807, 2.05) is 72.8 Å². The van der Waals surface area contributed by atoms with Crippen LogP contribution >= 0.6 is 0 Å². The summed E-state index contributed by atoms with van der Waals surface area (Å²) in [5.74, 6) is -4.71. The maximum Gasteiger partial charge on any atom is 0.416 e. The number of nitrogens with one attached hydrogen (secondary N) is 2. The van der Waals surface area contributed by atoms with Crippen LogP contribution in [-0.2, 0) is 25.6 Å². The molecule has 11 heteroatoms. The van der Waals surface area contributed by atoms with Gasteiger partial charge in [-0.2, -0.15) is 13.2 Å². The SMILES string of the molecule is CC(=O)CCC(NC(=O)[C@H](C)CC(=O)[C@H](CCc1ccccc1)NC(=O)[C@@H](CC(=O)c1ccc(-c2ccccc2)cc1)C(C)C)C(O)C(F)(F)F. The molecule has 8 nitrogen and oxygen atoms in total. The summed E-state index contributed by atoms with van der Waals surface area (Å²) in [6.45, 7) is 6.17. The molecule has 0 heterocycles. The molecule has 0 aliphatic carbocycles. The summed E-state index contributed by atoms with van der Waals surface area (Å²) in [7, 11) is 0. The maximum absolute atomic E-state index is 13.7. The van der Waals surface area contributed by atoms with E-state index in [0.717, 1.165) is 16.7 Å². The molecule has 0 aromatic heterocycles. The van der Waals surface area contributed by atoms with Gasteiger partial charge in [0, 0.05) is 36.7 Å². The number of aliphatic hydroxyl groups is 1. The summed E-state index contributed by atoms with van der Waals surface area (Å²) in [5.41, 5.74) is 3.29. The molecule has 274 valence electrons. The molecule has 5 atom stereocenters. The molecule has 2 amide bonds. The Morgan fingerprint density at radius 2 is 1.29 bits per heavy atom. The number of alkyl halides is 3. The highest BCUT2D eigenvalue weighted by molar-refractivity contribution is 6.00. The number of rotatable bonds is 19. The molecule has 3 N–H and O–H groups in total. The van der Waals surface area contributed by atoms with Crippen LogP contribution in [0.2, 0.25) is 0 Å². The first-order valence-corrected chi connectivity index (χ1v) is 17.2. The van der Waals surface area contributed by atoms with E-state index in [4.69, 9.17) is 0 Å². The summed E-state index contributed by atoms with van der Waals surface area (Å²) in [5, 5.41) is 14.8. The molecule has 3 rings (SSSR count). The number of ketones is 3. The Labute approximate surface area is 297 Å². The first kappa shape index (κ1) is 40.8. The third-order valence-corrected chi connectivity index (χ3v) is 8.94. The molecule has 3 aromatic carbocycles. The molecule has 0 fully saturated rings.